The van der Waals surface area contributed by atoms with E-state index in [4.69, 9.17) is 10.5 Å². The lowest BCUT2D eigenvalue weighted by Gasteiger charge is -2.25. The van der Waals surface area contributed by atoms with Crippen molar-refractivity contribution in [1.82, 2.24) is 9.80 Å². The molecule has 1 unspecified atom stereocenters. The number of likely N-dealkylation sites (tertiary alicyclic amines) is 1. The predicted molar refractivity (Wildman–Crippen MR) is 87.7 cm³/mol. The Morgan fingerprint density at radius 2 is 2.00 bits per heavy atom. The molecule has 4 heteroatoms. The molecule has 0 saturated carbocycles. The molecule has 1 aliphatic rings. The summed E-state index contributed by atoms with van der Waals surface area (Å²) in [5.74, 6) is 0.917. The molecule has 1 fully saturated rings. The highest BCUT2D eigenvalue weighted by atomic mass is 16.5. The average molecular weight is 291 g/mol. The molecule has 1 aliphatic heterocycles. The first-order valence-electron chi connectivity index (χ1n) is 8.09. The van der Waals surface area contributed by atoms with Gasteiger partial charge >= 0.3 is 0 Å². The van der Waals surface area contributed by atoms with Crippen LogP contribution in [0.3, 0.4) is 0 Å². The number of para-hydroxylation sites is 1. The van der Waals surface area contributed by atoms with Gasteiger partial charge in [0.15, 0.2) is 0 Å². The lowest BCUT2D eigenvalue weighted by molar-refractivity contribution is 0.246. The van der Waals surface area contributed by atoms with Crippen LogP contribution in [0.4, 0.5) is 0 Å². The second-order valence-electron chi connectivity index (χ2n) is 5.89. The molecule has 0 spiro atoms. The van der Waals surface area contributed by atoms with Crippen LogP contribution in [-0.4, -0.2) is 56.2 Å². The maximum Gasteiger partial charge on any atom is 0.124 e. The fourth-order valence-corrected chi connectivity index (χ4v) is 2.92. The molecule has 1 atom stereocenters. The van der Waals surface area contributed by atoms with Gasteiger partial charge in [0.05, 0.1) is 6.61 Å². The van der Waals surface area contributed by atoms with Crippen molar-refractivity contribution in [3.8, 4) is 5.75 Å². The summed E-state index contributed by atoms with van der Waals surface area (Å²) >= 11 is 0. The first-order chi connectivity index (χ1) is 10.2. The Labute approximate surface area is 128 Å². The highest BCUT2D eigenvalue weighted by molar-refractivity contribution is 5.35. The third-order valence-corrected chi connectivity index (χ3v) is 4.12. The molecule has 0 aliphatic carbocycles. The molecule has 21 heavy (non-hydrogen) atoms. The molecule has 1 heterocycles. The van der Waals surface area contributed by atoms with Gasteiger partial charge in [0, 0.05) is 31.2 Å². The number of hydrogen-bond donors (Lipinski definition) is 1. The van der Waals surface area contributed by atoms with E-state index in [0.29, 0.717) is 6.61 Å². The van der Waals surface area contributed by atoms with Crippen molar-refractivity contribution in [2.45, 2.75) is 25.8 Å². The van der Waals surface area contributed by atoms with Crippen molar-refractivity contribution in [2.75, 3.05) is 46.4 Å². The van der Waals surface area contributed by atoms with Gasteiger partial charge in [-0.3, -0.25) is 0 Å². The zero-order valence-corrected chi connectivity index (χ0v) is 13.4. The summed E-state index contributed by atoms with van der Waals surface area (Å²) in [5.41, 5.74) is 7.48. The molecular formula is C17H29N3O. The highest BCUT2D eigenvalue weighted by Gasteiger charge is 2.16. The molecule has 118 valence electrons. The van der Waals surface area contributed by atoms with Crippen LogP contribution >= 0.6 is 0 Å². The molecule has 0 amide bonds. The van der Waals surface area contributed by atoms with Gasteiger partial charge in [-0.2, -0.15) is 0 Å². The quantitative estimate of drug-likeness (QED) is 0.796. The van der Waals surface area contributed by atoms with Gasteiger partial charge in [-0.25, -0.2) is 0 Å². The number of hydrogen-bond acceptors (Lipinski definition) is 4. The SMILES string of the molecule is CCOc1ccccc1C(N)CN(C)CCN1CCCC1. The fourth-order valence-electron chi connectivity index (χ4n) is 2.92. The minimum atomic E-state index is -0.00340. The zero-order chi connectivity index (χ0) is 15.1. The Morgan fingerprint density at radius 1 is 1.29 bits per heavy atom. The van der Waals surface area contributed by atoms with Gasteiger partial charge in [-0.15, -0.1) is 0 Å². The van der Waals surface area contributed by atoms with Crippen LogP contribution in [0.2, 0.25) is 0 Å². The third kappa shape index (κ3) is 4.99. The molecule has 2 N–H and O–H groups in total. The second-order valence-corrected chi connectivity index (χ2v) is 5.89. The number of nitrogens with two attached hydrogens (primary N) is 1. The van der Waals surface area contributed by atoms with Gasteiger partial charge in [-0.05, 0) is 46.0 Å². The molecule has 1 aromatic carbocycles. The number of likely N-dealkylation sites (N-methyl/N-ethyl adjacent to an activating group) is 1. The molecule has 2 rings (SSSR count). The summed E-state index contributed by atoms with van der Waals surface area (Å²) < 4.78 is 5.67. The van der Waals surface area contributed by atoms with E-state index in [1.165, 1.54) is 25.9 Å². The monoisotopic (exact) mass is 291 g/mol. The first kappa shape index (κ1) is 16.3. The van der Waals surface area contributed by atoms with Crippen LogP contribution in [0, 0.1) is 0 Å². The second kappa shape index (κ2) is 8.37. The van der Waals surface area contributed by atoms with E-state index in [0.717, 1.165) is 30.9 Å². The first-order valence-corrected chi connectivity index (χ1v) is 8.09. The van der Waals surface area contributed by atoms with E-state index in [1.54, 1.807) is 0 Å². The molecule has 0 bridgehead atoms. The maximum atomic E-state index is 6.38. The van der Waals surface area contributed by atoms with Crippen molar-refractivity contribution < 1.29 is 4.74 Å². The van der Waals surface area contributed by atoms with Crippen molar-refractivity contribution in [3.63, 3.8) is 0 Å². The van der Waals surface area contributed by atoms with E-state index in [9.17, 15) is 0 Å². The van der Waals surface area contributed by atoms with Crippen molar-refractivity contribution in [1.29, 1.82) is 0 Å². The standard InChI is InChI=1S/C17H29N3O/c1-3-21-17-9-5-4-8-15(17)16(18)14-19(2)12-13-20-10-6-7-11-20/h4-5,8-9,16H,3,6-7,10-14,18H2,1-2H3. The molecule has 0 aromatic heterocycles. The lowest BCUT2D eigenvalue weighted by Crippen LogP contribution is -2.35. The van der Waals surface area contributed by atoms with Crippen LogP contribution in [0.25, 0.3) is 0 Å². The van der Waals surface area contributed by atoms with E-state index in [-0.39, 0.29) is 6.04 Å². The number of rotatable bonds is 8. The summed E-state index contributed by atoms with van der Waals surface area (Å²) in [7, 11) is 2.15. The summed E-state index contributed by atoms with van der Waals surface area (Å²) in [6, 6.07) is 8.10. The predicted octanol–water partition coefficient (Wildman–Crippen LogP) is 2.11. The maximum absolute atomic E-state index is 6.38. The lowest BCUT2D eigenvalue weighted by atomic mass is 10.1. The normalized spacial score (nSPS) is 17.3. The summed E-state index contributed by atoms with van der Waals surface area (Å²) in [6.45, 7) is 8.28. The van der Waals surface area contributed by atoms with Gasteiger partial charge in [0.25, 0.3) is 0 Å². The minimum absolute atomic E-state index is 0.00340. The molecule has 4 nitrogen and oxygen atoms in total. The van der Waals surface area contributed by atoms with Crippen LogP contribution in [-0.2, 0) is 0 Å². The number of nitrogens with zero attached hydrogens (tertiary/aromatic N) is 2. The van der Waals surface area contributed by atoms with E-state index in [2.05, 4.69) is 22.9 Å². The van der Waals surface area contributed by atoms with Crippen LogP contribution in [0.1, 0.15) is 31.4 Å². The van der Waals surface area contributed by atoms with Crippen molar-refractivity contribution in [2.24, 2.45) is 5.73 Å². The minimum Gasteiger partial charge on any atom is -0.494 e. The zero-order valence-electron chi connectivity index (χ0n) is 13.4. The summed E-state index contributed by atoms with van der Waals surface area (Å²) in [4.78, 5) is 4.86. The van der Waals surface area contributed by atoms with Crippen molar-refractivity contribution in [3.05, 3.63) is 29.8 Å². The summed E-state index contributed by atoms with van der Waals surface area (Å²) in [6.07, 6.45) is 2.70. The fraction of sp³-hybridized carbons (Fsp3) is 0.647. The Kier molecular flexibility index (Phi) is 6.49. The summed E-state index contributed by atoms with van der Waals surface area (Å²) in [5, 5.41) is 0. The van der Waals surface area contributed by atoms with Crippen LogP contribution < -0.4 is 10.5 Å². The number of benzene rings is 1. The Hall–Kier alpha value is -1.10. The Bertz CT molecular complexity index is 418. The van der Waals surface area contributed by atoms with Crippen LogP contribution in [0.15, 0.2) is 24.3 Å². The van der Waals surface area contributed by atoms with E-state index < -0.39 is 0 Å². The Morgan fingerprint density at radius 3 is 2.71 bits per heavy atom. The molecule has 1 aromatic rings. The van der Waals surface area contributed by atoms with Gasteiger partial charge in [-0.1, -0.05) is 18.2 Å². The van der Waals surface area contributed by atoms with Gasteiger partial charge < -0.3 is 20.3 Å². The van der Waals surface area contributed by atoms with Crippen LogP contribution in [0.5, 0.6) is 5.75 Å². The molecular weight excluding hydrogens is 262 g/mol. The van der Waals surface area contributed by atoms with E-state index >= 15 is 0 Å². The smallest absolute Gasteiger partial charge is 0.124 e. The van der Waals surface area contributed by atoms with Gasteiger partial charge in [0.1, 0.15) is 5.75 Å². The molecule has 1 saturated heterocycles. The van der Waals surface area contributed by atoms with E-state index in [1.807, 2.05) is 25.1 Å². The number of ether oxygens (including phenoxy) is 1. The third-order valence-electron chi connectivity index (χ3n) is 4.12. The largest absolute Gasteiger partial charge is 0.494 e. The van der Waals surface area contributed by atoms with Crippen molar-refractivity contribution >= 4 is 0 Å². The molecule has 0 radical (unpaired) electrons. The van der Waals surface area contributed by atoms with Gasteiger partial charge in [0.2, 0.25) is 0 Å². The topological polar surface area (TPSA) is 41.7 Å². The highest BCUT2D eigenvalue weighted by Crippen LogP contribution is 2.24. The Balaban J connectivity index is 1.83. The average Bonchev–Trinajstić information content (AvgIpc) is 2.99.